The molecule has 0 spiro atoms. The summed E-state index contributed by atoms with van der Waals surface area (Å²) in [5.74, 6) is 3.16. The van der Waals surface area contributed by atoms with Crippen LogP contribution in [0, 0.1) is 0 Å². The minimum atomic E-state index is -4.69. The second kappa shape index (κ2) is 26.0. The molecule has 0 aliphatic carbocycles. The van der Waals surface area contributed by atoms with Crippen LogP contribution in [0.4, 0.5) is 24.8 Å². The van der Waals surface area contributed by atoms with Crippen molar-refractivity contribution in [2.75, 3.05) is 88.3 Å². The highest BCUT2D eigenvalue weighted by Crippen LogP contribution is 2.33. The van der Waals surface area contributed by atoms with Crippen molar-refractivity contribution in [2.45, 2.75) is 89.4 Å². The highest BCUT2D eigenvalue weighted by Gasteiger charge is 2.35. The first-order valence-electron chi connectivity index (χ1n) is 25.5. The molecule has 14 nitrogen and oxygen atoms in total. The Morgan fingerprint density at radius 3 is 1.84 bits per heavy atom. The average molecular weight is 1070 g/mol. The van der Waals surface area contributed by atoms with Crippen molar-refractivity contribution in [3.05, 3.63) is 117 Å². The number of hydrogen-bond acceptors (Lipinski definition) is 13. The van der Waals surface area contributed by atoms with Crippen molar-refractivity contribution >= 4 is 58.6 Å². The molecule has 0 radical (unpaired) electrons. The van der Waals surface area contributed by atoms with Crippen LogP contribution < -0.4 is 25.2 Å². The fraction of sp³-hybridized carbons (Fsp3) is 0.491. The molecule has 0 bridgehead atoms. The van der Waals surface area contributed by atoms with Gasteiger partial charge >= 0.3 is 6.36 Å². The number of nitrogens with one attached hydrogen (secondary N) is 3. The zero-order valence-electron chi connectivity index (χ0n) is 41.5. The van der Waals surface area contributed by atoms with Gasteiger partial charge in [0.2, 0.25) is 0 Å². The molecule has 2 aromatic carbocycles. The van der Waals surface area contributed by atoms with Gasteiger partial charge in [-0.3, -0.25) is 24.5 Å². The average Bonchev–Trinajstić information content (AvgIpc) is 4.17. The van der Waals surface area contributed by atoms with Crippen LogP contribution in [0.5, 0.6) is 5.75 Å². The summed E-state index contributed by atoms with van der Waals surface area (Å²) in [7, 11) is 0. The van der Waals surface area contributed by atoms with Gasteiger partial charge in [0.1, 0.15) is 35.3 Å². The molecule has 3 N–H and O–H groups in total. The minimum Gasteiger partial charge on any atom is -0.406 e. The molecule has 5 aliphatic rings. The summed E-state index contributed by atoms with van der Waals surface area (Å²) < 4.78 is 38.5. The third-order valence-corrected chi connectivity index (χ3v) is 15.1. The van der Waals surface area contributed by atoms with E-state index >= 15 is 0 Å². The summed E-state index contributed by atoms with van der Waals surface area (Å²) >= 11 is 19.3. The van der Waals surface area contributed by atoms with Crippen molar-refractivity contribution in [3.8, 4) is 17.1 Å². The third kappa shape index (κ3) is 14.9. The van der Waals surface area contributed by atoms with Gasteiger partial charge in [0.15, 0.2) is 0 Å². The van der Waals surface area contributed by atoms with Crippen LogP contribution >= 0.6 is 34.8 Å². The number of anilines is 2. The molecule has 3 aromatic heterocycles. The van der Waals surface area contributed by atoms with Crippen LogP contribution in [-0.2, 0) is 6.54 Å². The number of aromatic amines is 1. The van der Waals surface area contributed by atoms with Crippen molar-refractivity contribution in [1.82, 2.24) is 45.3 Å². The number of pyridine rings is 2. The molecule has 5 aromatic rings. The number of carbonyl (C=O) groups excluding carboxylic acids is 1. The predicted molar refractivity (Wildman–Crippen MR) is 286 cm³/mol. The summed E-state index contributed by atoms with van der Waals surface area (Å²) in [6.07, 6.45) is 10.4. The molecule has 20 heteroatoms. The van der Waals surface area contributed by atoms with Crippen LogP contribution in [0.1, 0.15) is 73.9 Å². The number of benzene rings is 2. The number of nitrogens with zero attached hydrogens (tertiary/aromatic N) is 9. The lowest BCUT2D eigenvalue weighted by atomic mass is 9.98. The molecule has 5 aliphatic heterocycles. The molecule has 0 saturated carbocycles. The number of aromatic nitrogens is 4. The minimum absolute atomic E-state index is 0.300. The van der Waals surface area contributed by atoms with E-state index in [4.69, 9.17) is 44.8 Å². The monoisotopic (exact) mass is 1060 g/mol. The zero-order chi connectivity index (χ0) is 51.3. The molecule has 4 saturated heterocycles. The van der Waals surface area contributed by atoms with Gasteiger partial charge in [-0.15, -0.1) is 13.2 Å². The quantitative estimate of drug-likeness (QED) is 0.103. The lowest BCUT2D eigenvalue weighted by Gasteiger charge is -2.47. The van der Waals surface area contributed by atoms with Gasteiger partial charge in [0.05, 0.1) is 16.6 Å². The second-order valence-electron chi connectivity index (χ2n) is 19.0. The van der Waals surface area contributed by atoms with E-state index in [0.29, 0.717) is 35.0 Å². The summed E-state index contributed by atoms with van der Waals surface area (Å²) in [4.78, 5) is 44.2. The van der Waals surface area contributed by atoms with E-state index in [1.165, 1.54) is 43.4 Å². The molecular weight excluding hydrogens is 1000 g/mol. The first-order valence-corrected chi connectivity index (χ1v) is 26.6. The Hall–Kier alpha value is -5.01. The maximum absolute atomic E-state index is 11.6. The molecule has 392 valence electrons. The number of aliphatic imine (C=N–C) groups is 1. The van der Waals surface area contributed by atoms with Gasteiger partial charge < -0.3 is 30.2 Å². The van der Waals surface area contributed by atoms with E-state index < -0.39 is 6.36 Å². The number of amidine groups is 1. The number of hydrogen-bond donors (Lipinski definition) is 3. The Kier molecular flexibility index (Phi) is 19.3. The first kappa shape index (κ1) is 54.3. The fourth-order valence-electron chi connectivity index (χ4n) is 10.6. The molecular formula is C53H66Cl3F3N12O2. The molecule has 2 atom stereocenters. The number of piperidine rings is 2. The maximum atomic E-state index is 11.6. The molecule has 8 heterocycles. The Morgan fingerprint density at radius 2 is 1.32 bits per heavy atom. The summed E-state index contributed by atoms with van der Waals surface area (Å²) in [6.45, 7) is 18.0. The number of halogens is 6. The fourth-order valence-corrected chi connectivity index (χ4v) is 11.3. The maximum Gasteiger partial charge on any atom is 0.573 e. The highest BCUT2D eigenvalue weighted by atomic mass is 35.5. The van der Waals surface area contributed by atoms with E-state index in [0.717, 1.165) is 161 Å². The summed E-state index contributed by atoms with van der Waals surface area (Å²) in [6, 6.07) is 19.3. The van der Waals surface area contributed by atoms with E-state index in [9.17, 15) is 18.0 Å². The number of carbonyl (C=O) groups is 1. The number of aldehydes is 1. The van der Waals surface area contributed by atoms with Crippen LogP contribution in [0.2, 0.25) is 15.1 Å². The van der Waals surface area contributed by atoms with Gasteiger partial charge in [-0.25, -0.2) is 15.0 Å². The van der Waals surface area contributed by atoms with E-state index in [1.54, 1.807) is 6.20 Å². The van der Waals surface area contributed by atoms with Gasteiger partial charge in [0.25, 0.3) is 0 Å². The van der Waals surface area contributed by atoms with Gasteiger partial charge in [-0.2, -0.15) is 0 Å². The topological polar surface area (TPSA) is 133 Å². The van der Waals surface area contributed by atoms with Crippen LogP contribution in [0.25, 0.3) is 11.4 Å². The zero-order valence-corrected chi connectivity index (χ0v) is 43.8. The molecule has 10 rings (SSSR count). The largest absolute Gasteiger partial charge is 0.573 e. The van der Waals surface area contributed by atoms with Gasteiger partial charge in [-0.1, -0.05) is 60.8 Å². The molecule has 0 unspecified atom stereocenters. The Morgan fingerprint density at radius 1 is 0.726 bits per heavy atom. The Balaban J connectivity index is 0.000000161. The van der Waals surface area contributed by atoms with Crippen LogP contribution in [-0.4, -0.2) is 156 Å². The number of imidazole rings is 1. The number of H-pyrrole nitrogens is 1. The van der Waals surface area contributed by atoms with Crippen LogP contribution in [0.15, 0.2) is 90.4 Å². The number of rotatable bonds is 12. The standard InChI is InChI=1S/C26H32Cl2N6.C19H29ClN6.C8H5F3O2/c1-2-22-18-33(26-24(28)15-20(16-31-26)25-29-9-10-30-25)13-14-34(22)23-7-11-32(12-8-23)17-19-3-5-21(27)6-4-19;1-2-15-13-25(9-10-26(15)16-3-5-21-6-4-16)19-17(20)11-14(12-24-19)18-22-7-8-23-18;9-8(10,11)13-7-3-1-6(5-12)2-4-7/h3-6,9-10,15-16,22-23H,2,7-8,11-14,17-18H2,1H3,(H,29,30);11-12,15-16,21H,2-10,13H2,1H3,(H,22,23);1-5H/t22-;15-;/m00./s1. The predicted octanol–water partition coefficient (Wildman–Crippen LogP) is 9.48. The van der Waals surface area contributed by atoms with Gasteiger partial charge in [-0.05, 0) is 119 Å². The first-order chi connectivity index (χ1) is 35.4. The summed E-state index contributed by atoms with van der Waals surface area (Å²) in [5, 5.41) is 8.98. The van der Waals surface area contributed by atoms with Crippen molar-refractivity contribution in [2.24, 2.45) is 4.99 Å². The third-order valence-electron chi connectivity index (χ3n) is 14.3. The number of piperazine rings is 2. The summed E-state index contributed by atoms with van der Waals surface area (Å²) in [5.41, 5.74) is 3.53. The van der Waals surface area contributed by atoms with Crippen molar-refractivity contribution in [1.29, 1.82) is 0 Å². The van der Waals surface area contributed by atoms with Gasteiger partial charge in [0, 0.05) is 123 Å². The normalized spacial score (nSPS) is 20.6. The van der Waals surface area contributed by atoms with Crippen molar-refractivity contribution < 1.29 is 22.7 Å². The Labute approximate surface area is 441 Å². The Bertz CT molecular complexity index is 2540. The molecule has 73 heavy (non-hydrogen) atoms. The van der Waals surface area contributed by atoms with Crippen LogP contribution in [0.3, 0.4) is 0 Å². The highest BCUT2D eigenvalue weighted by molar-refractivity contribution is 6.33. The number of ether oxygens (including phenoxy) is 1. The second-order valence-corrected chi connectivity index (χ2v) is 20.2. The van der Waals surface area contributed by atoms with E-state index in [1.807, 2.05) is 42.9 Å². The SMILES string of the molecule is CC[C@H]1CN(c2ncc(-c3ncc[nH]3)cc2Cl)CCN1C1CCN(Cc2ccc(Cl)cc2)CC1.CC[C@H]1CN(c2ncc(C3=NCCN3)cc2Cl)CCN1C1CCNCC1.O=Cc1ccc(OC(F)(F)F)cc1. The number of alkyl halides is 3. The lowest BCUT2D eigenvalue weighted by molar-refractivity contribution is -0.274. The number of likely N-dealkylation sites (tertiary alicyclic amines) is 1. The molecule has 0 amide bonds. The van der Waals surface area contributed by atoms with E-state index in [-0.39, 0.29) is 5.75 Å². The molecule has 4 fully saturated rings. The van der Waals surface area contributed by atoms with Crippen molar-refractivity contribution in [3.63, 3.8) is 0 Å². The van der Waals surface area contributed by atoms with E-state index in [2.05, 4.69) is 80.8 Å². The lowest BCUT2D eigenvalue weighted by Crippen LogP contribution is -2.58. The smallest absolute Gasteiger partial charge is 0.406 e.